The van der Waals surface area contributed by atoms with Gasteiger partial charge in [0.1, 0.15) is 0 Å². The van der Waals surface area contributed by atoms with E-state index in [0.717, 1.165) is 30.6 Å². The van der Waals surface area contributed by atoms with Gasteiger partial charge in [0.15, 0.2) is 0 Å². The molecule has 2 atom stereocenters. The zero-order valence-electron chi connectivity index (χ0n) is 13.2. The van der Waals surface area contributed by atoms with E-state index < -0.39 is 0 Å². The van der Waals surface area contributed by atoms with Crippen LogP contribution in [0, 0.1) is 0 Å². The molecular formula is C19H22N2O2. The fourth-order valence-electron chi connectivity index (χ4n) is 2.94. The van der Waals surface area contributed by atoms with Gasteiger partial charge in [0.2, 0.25) is 5.91 Å². The van der Waals surface area contributed by atoms with Crippen LogP contribution in [-0.4, -0.2) is 30.1 Å². The van der Waals surface area contributed by atoms with E-state index in [1.807, 2.05) is 42.5 Å². The molecule has 1 aromatic carbocycles. The Kier molecular flexibility index (Phi) is 5.37. The number of carbonyl (C=O) groups excluding carboxylic acids is 1. The van der Waals surface area contributed by atoms with E-state index in [9.17, 15) is 4.79 Å². The van der Waals surface area contributed by atoms with E-state index in [2.05, 4.69) is 10.3 Å². The summed E-state index contributed by atoms with van der Waals surface area (Å²) in [5.41, 5.74) is 2.15. The highest BCUT2D eigenvalue weighted by atomic mass is 16.5. The number of benzene rings is 1. The summed E-state index contributed by atoms with van der Waals surface area (Å²) in [5, 5.41) is 3.06. The van der Waals surface area contributed by atoms with Crippen LogP contribution in [0.15, 0.2) is 54.9 Å². The highest BCUT2D eigenvalue weighted by Gasteiger charge is 2.23. The van der Waals surface area contributed by atoms with Gasteiger partial charge in [-0.3, -0.25) is 9.78 Å². The molecule has 120 valence electrons. The second-order valence-corrected chi connectivity index (χ2v) is 5.90. The van der Waals surface area contributed by atoms with Crippen LogP contribution in [-0.2, 0) is 16.0 Å². The largest absolute Gasteiger partial charge is 0.376 e. The number of nitrogens with zero attached hydrogens (tertiary/aromatic N) is 1. The van der Waals surface area contributed by atoms with Gasteiger partial charge in [-0.15, -0.1) is 0 Å². The van der Waals surface area contributed by atoms with Crippen LogP contribution in [0.4, 0.5) is 0 Å². The third kappa shape index (κ3) is 4.39. The van der Waals surface area contributed by atoms with Gasteiger partial charge in [0.25, 0.3) is 0 Å². The maximum absolute atomic E-state index is 12.7. The van der Waals surface area contributed by atoms with Gasteiger partial charge in [-0.25, -0.2) is 0 Å². The molecule has 0 aliphatic carbocycles. The van der Waals surface area contributed by atoms with Gasteiger partial charge < -0.3 is 10.1 Å². The first kappa shape index (κ1) is 15.7. The van der Waals surface area contributed by atoms with Gasteiger partial charge in [-0.05, 0) is 42.5 Å². The molecule has 0 bridgehead atoms. The molecule has 0 saturated carbocycles. The Morgan fingerprint density at radius 3 is 2.70 bits per heavy atom. The van der Waals surface area contributed by atoms with Crippen molar-refractivity contribution in [3.63, 3.8) is 0 Å². The molecule has 1 aliphatic rings. The lowest BCUT2D eigenvalue weighted by Crippen LogP contribution is -2.36. The molecule has 1 fully saturated rings. The predicted molar refractivity (Wildman–Crippen MR) is 89.1 cm³/mol. The molecular weight excluding hydrogens is 288 g/mol. The summed E-state index contributed by atoms with van der Waals surface area (Å²) in [5.74, 6) is -0.136. The molecule has 2 heterocycles. The van der Waals surface area contributed by atoms with Crippen LogP contribution in [0.3, 0.4) is 0 Å². The van der Waals surface area contributed by atoms with E-state index in [-0.39, 0.29) is 17.9 Å². The SMILES string of the molecule is O=C(NCC1CCCO1)C(Cc1ccncc1)c1ccccc1. The molecule has 2 aromatic rings. The average molecular weight is 310 g/mol. The first-order valence-electron chi connectivity index (χ1n) is 8.16. The third-order valence-electron chi connectivity index (χ3n) is 4.24. The van der Waals surface area contributed by atoms with Crippen molar-refractivity contribution in [3.8, 4) is 0 Å². The predicted octanol–water partition coefficient (Wildman–Crippen LogP) is 2.70. The van der Waals surface area contributed by atoms with E-state index >= 15 is 0 Å². The fraction of sp³-hybridized carbons (Fsp3) is 0.368. The third-order valence-corrected chi connectivity index (χ3v) is 4.24. The van der Waals surface area contributed by atoms with Crippen molar-refractivity contribution in [1.82, 2.24) is 10.3 Å². The molecule has 23 heavy (non-hydrogen) atoms. The Labute approximate surface area is 136 Å². The average Bonchev–Trinajstić information content (AvgIpc) is 3.13. The lowest BCUT2D eigenvalue weighted by atomic mass is 9.91. The van der Waals surface area contributed by atoms with Crippen molar-refractivity contribution in [3.05, 3.63) is 66.0 Å². The molecule has 4 nitrogen and oxygen atoms in total. The standard InChI is InChI=1S/C19H22N2O2/c22-19(21-14-17-7-4-12-23-17)18(16-5-2-1-3-6-16)13-15-8-10-20-11-9-15/h1-3,5-6,8-11,17-18H,4,7,12-14H2,(H,21,22). The summed E-state index contributed by atoms with van der Waals surface area (Å²) in [4.78, 5) is 16.8. The zero-order chi connectivity index (χ0) is 15.9. The van der Waals surface area contributed by atoms with Crippen molar-refractivity contribution in [2.24, 2.45) is 0 Å². The van der Waals surface area contributed by atoms with Crippen LogP contribution < -0.4 is 5.32 Å². The van der Waals surface area contributed by atoms with Gasteiger partial charge in [0, 0.05) is 25.5 Å². The van der Waals surface area contributed by atoms with Crippen molar-refractivity contribution in [1.29, 1.82) is 0 Å². The van der Waals surface area contributed by atoms with Crippen LogP contribution in [0.2, 0.25) is 0 Å². The minimum Gasteiger partial charge on any atom is -0.376 e. The van der Waals surface area contributed by atoms with Gasteiger partial charge >= 0.3 is 0 Å². The lowest BCUT2D eigenvalue weighted by molar-refractivity contribution is -0.123. The van der Waals surface area contributed by atoms with Crippen LogP contribution in [0.5, 0.6) is 0 Å². The normalized spacial score (nSPS) is 18.5. The fourth-order valence-corrected chi connectivity index (χ4v) is 2.94. The van der Waals surface area contributed by atoms with Crippen LogP contribution in [0.1, 0.15) is 29.9 Å². The van der Waals surface area contributed by atoms with E-state index in [1.54, 1.807) is 12.4 Å². The van der Waals surface area contributed by atoms with Crippen molar-refractivity contribution < 1.29 is 9.53 Å². The summed E-state index contributed by atoms with van der Waals surface area (Å²) in [6.45, 7) is 1.40. The second kappa shape index (κ2) is 7.88. The summed E-state index contributed by atoms with van der Waals surface area (Å²) in [7, 11) is 0. The molecule has 1 aliphatic heterocycles. The number of carbonyl (C=O) groups is 1. The maximum Gasteiger partial charge on any atom is 0.227 e. The van der Waals surface area contributed by atoms with E-state index in [0.29, 0.717) is 13.0 Å². The molecule has 1 saturated heterocycles. The molecule has 0 radical (unpaired) electrons. The Hall–Kier alpha value is -2.20. The second-order valence-electron chi connectivity index (χ2n) is 5.90. The van der Waals surface area contributed by atoms with Crippen molar-refractivity contribution >= 4 is 5.91 Å². The number of hydrogen-bond acceptors (Lipinski definition) is 3. The molecule has 1 aromatic heterocycles. The first-order valence-corrected chi connectivity index (χ1v) is 8.16. The first-order chi connectivity index (χ1) is 11.3. The molecule has 0 spiro atoms. The molecule has 3 rings (SSSR count). The van der Waals surface area contributed by atoms with Gasteiger partial charge in [0.05, 0.1) is 12.0 Å². The highest BCUT2D eigenvalue weighted by Crippen LogP contribution is 2.21. The summed E-state index contributed by atoms with van der Waals surface area (Å²) < 4.78 is 5.58. The number of pyridine rings is 1. The Balaban J connectivity index is 1.70. The number of ether oxygens (including phenoxy) is 1. The lowest BCUT2D eigenvalue weighted by Gasteiger charge is -2.19. The quantitative estimate of drug-likeness (QED) is 0.892. The minimum absolute atomic E-state index is 0.0588. The topological polar surface area (TPSA) is 51.2 Å². The Morgan fingerprint density at radius 2 is 2.00 bits per heavy atom. The number of rotatable bonds is 6. The minimum atomic E-state index is -0.194. The number of aromatic nitrogens is 1. The molecule has 1 N–H and O–H groups in total. The Morgan fingerprint density at radius 1 is 1.22 bits per heavy atom. The summed E-state index contributed by atoms with van der Waals surface area (Å²) >= 11 is 0. The highest BCUT2D eigenvalue weighted by molar-refractivity contribution is 5.84. The van der Waals surface area contributed by atoms with Crippen molar-refractivity contribution in [2.75, 3.05) is 13.2 Å². The number of nitrogens with one attached hydrogen (secondary N) is 1. The van der Waals surface area contributed by atoms with E-state index in [4.69, 9.17) is 4.74 Å². The molecule has 2 unspecified atom stereocenters. The monoisotopic (exact) mass is 310 g/mol. The molecule has 1 amide bonds. The smallest absolute Gasteiger partial charge is 0.227 e. The van der Waals surface area contributed by atoms with Gasteiger partial charge in [-0.1, -0.05) is 30.3 Å². The van der Waals surface area contributed by atoms with E-state index in [1.165, 1.54) is 0 Å². The Bertz CT molecular complexity index is 610. The molecule has 4 heteroatoms. The summed E-state index contributed by atoms with van der Waals surface area (Å²) in [6.07, 6.45) is 6.48. The number of amides is 1. The maximum atomic E-state index is 12.7. The van der Waals surface area contributed by atoms with Crippen LogP contribution >= 0.6 is 0 Å². The van der Waals surface area contributed by atoms with Gasteiger partial charge in [-0.2, -0.15) is 0 Å². The van der Waals surface area contributed by atoms with Crippen LogP contribution in [0.25, 0.3) is 0 Å². The summed E-state index contributed by atoms with van der Waals surface area (Å²) in [6, 6.07) is 13.9. The number of hydrogen-bond donors (Lipinski definition) is 1. The zero-order valence-corrected chi connectivity index (χ0v) is 13.2. The van der Waals surface area contributed by atoms with Crippen molar-refractivity contribution in [2.45, 2.75) is 31.3 Å².